The molecule has 4 atom stereocenters. The highest BCUT2D eigenvalue weighted by atomic mass is 31.3. The van der Waals surface area contributed by atoms with E-state index < -0.39 is 46.8 Å². The maximum absolute atomic E-state index is 9.95. The van der Waals surface area contributed by atoms with Crippen molar-refractivity contribution in [2.24, 2.45) is 0 Å². The van der Waals surface area contributed by atoms with Gasteiger partial charge in [0.2, 0.25) is 0 Å². The molecule has 0 amide bonds. The van der Waals surface area contributed by atoms with Crippen LogP contribution in [0.15, 0.2) is 12.7 Å². The Bertz CT molecular complexity index is 1480. The van der Waals surface area contributed by atoms with Crippen LogP contribution in [0, 0.1) is 0 Å². The first-order valence-electron chi connectivity index (χ1n) is 24.4. The van der Waals surface area contributed by atoms with Crippen molar-refractivity contribution in [2.75, 3.05) is 144 Å². The number of imidazole rings is 1. The van der Waals surface area contributed by atoms with Gasteiger partial charge in [0.05, 0.1) is 65.8 Å². The van der Waals surface area contributed by atoms with E-state index in [1.54, 1.807) is 0 Å². The van der Waals surface area contributed by atoms with Gasteiger partial charge >= 0.3 is 15.6 Å². The van der Waals surface area contributed by atoms with E-state index in [0.29, 0.717) is 63.5 Å². The molecule has 0 spiro atoms. The lowest BCUT2D eigenvalue weighted by Gasteiger charge is -2.19. The van der Waals surface area contributed by atoms with Crippen molar-refractivity contribution in [2.45, 2.75) is 104 Å². The van der Waals surface area contributed by atoms with Crippen LogP contribution in [0.1, 0.15) is 85.3 Å². The summed E-state index contributed by atoms with van der Waals surface area (Å²) in [6, 6.07) is 0. The van der Waals surface area contributed by atoms with Crippen molar-refractivity contribution in [1.82, 2.24) is 39.1 Å². The standard InChI is InChI=1S/C10H13N5O4.4C8H19NO2.H4O7P2/c11-8-5-9(13-2-12-8)15(3-14-5)10-7(18)6(17)4(1-16)19-10;4*1-2-3-4-9(5-7-10)6-8-11;1-8(2,3)7-9(4,5)6/h2-4,6-7,10,16-18H,1H2,(H2,11,12,13);4*10-11H,2-8H2,1H3;(H2,1,2,3)(H2,4,5,6)/t4-,6-,7-,10-;;;;;/m1...../s1. The third-order valence-corrected chi connectivity index (χ3v) is 11.7. The molecule has 0 aliphatic carbocycles. The van der Waals surface area contributed by atoms with E-state index in [9.17, 15) is 19.3 Å². The molecule has 0 saturated carbocycles. The molecule has 28 nitrogen and oxygen atoms in total. The van der Waals surface area contributed by atoms with E-state index in [4.69, 9.17) is 76.0 Å². The summed E-state index contributed by atoms with van der Waals surface area (Å²) in [4.78, 5) is 51.2. The van der Waals surface area contributed by atoms with Gasteiger partial charge in [-0.2, -0.15) is 4.31 Å². The highest BCUT2D eigenvalue weighted by molar-refractivity contribution is 7.60. The first-order valence-corrected chi connectivity index (χ1v) is 27.4. The van der Waals surface area contributed by atoms with Crippen LogP contribution in [0.5, 0.6) is 0 Å². The second-order valence-electron chi connectivity index (χ2n) is 15.9. The number of fused-ring (bicyclic) bond motifs is 1. The van der Waals surface area contributed by atoms with Crippen LogP contribution in [0.25, 0.3) is 11.2 Å². The number of nitrogens with zero attached hydrogens (tertiary/aromatic N) is 8. The number of hydrogen-bond acceptors (Lipinski definition) is 23. The van der Waals surface area contributed by atoms with Gasteiger partial charge in [0, 0.05) is 52.4 Å². The predicted octanol–water partition coefficient (Wildman–Crippen LogP) is -2.50. The van der Waals surface area contributed by atoms with Gasteiger partial charge in [-0.15, -0.1) is 0 Å². The first kappa shape index (κ1) is 74.2. The van der Waals surface area contributed by atoms with Crippen LogP contribution in [0.2, 0.25) is 0 Å². The van der Waals surface area contributed by atoms with Gasteiger partial charge in [-0.3, -0.25) is 24.2 Å². The second kappa shape index (κ2) is 47.4. The Hall–Kier alpha value is -2.03. The van der Waals surface area contributed by atoms with Gasteiger partial charge in [-0.05, 0) is 51.9 Å². The monoisotopic (exact) mass is 1090 g/mol. The summed E-state index contributed by atoms with van der Waals surface area (Å²) >= 11 is 0. The minimum Gasteiger partial charge on any atom is -0.395 e. The molecule has 2 aromatic heterocycles. The molecular weight excluding hydrogens is 996 g/mol. The van der Waals surface area contributed by atoms with E-state index >= 15 is 0 Å². The molecule has 430 valence electrons. The molecule has 1 fully saturated rings. The highest BCUT2D eigenvalue weighted by Gasteiger charge is 2.44. The molecule has 30 heteroatoms. The molecule has 0 unspecified atom stereocenters. The van der Waals surface area contributed by atoms with Crippen LogP contribution in [0.3, 0.4) is 0 Å². The van der Waals surface area contributed by atoms with Gasteiger partial charge in [0.15, 0.2) is 17.7 Å². The summed E-state index contributed by atoms with van der Waals surface area (Å²) in [6.07, 6.45) is 7.77. The number of ether oxygens (including phenoxy) is 1. The molecule has 2 aromatic rings. The summed E-state index contributed by atoms with van der Waals surface area (Å²) in [5.41, 5.74) is 6.44. The van der Waals surface area contributed by atoms with Crippen LogP contribution in [-0.2, 0) is 18.2 Å². The summed E-state index contributed by atoms with van der Waals surface area (Å²) in [6.45, 7) is 19.0. The Morgan fingerprint density at radius 3 is 1.10 bits per heavy atom. The van der Waals surface area contributed by atoms with Crippen molar-refractivity contribution in [1.29, 1.82) is 0 Å². The fraction of sp³-hybridized carbons (Fsp3) is 0.881. The van der Waals surface area contributed by atoms with Crippen molar-refractivity contribution < 1.29 is 93.9 Å². The van der Waals surface area contributed by atoms with Crippen LogP contribution in [0.4, 0.5) is 5.82 Å². The van der Waals surface area contributed by atoms with Gasteiger partial charge in [-0.25, -0.2) is 24.1 Å². The first-order chi connectivity index (χ1) is 34.2. The van der Waals surface area contributed by atoms with E-state index in [1.807, 2.05) is 0 Å². The normalized spacial score (nSPS) is 16.6. The summed E-state index contributed by atoms with van der Waals surface area (Å²) in [5.74, 6) is 0.218. The second-order valence-corrected chi connectivity index (χ2v) is 18.6. The molecule has 1 aliphatic heterocycles. The van der Waals surface area contributed by atoms with E-state index in [-0.39, 0.29) is 58.7 Å². The Morgan fingerprint density at radius 2 is 0.861 bits per heavy atom. The number of hydrogen-bond donors (Lipinski definition) is 16. The number of aliphatic hydroxyl groups excluding tert-OH is 11. The number of rotatable bonds is 32. The molecule has 72 heavy (non-hydrogen) atoms. The summed E-state index contributed by atoms with van der Waals surface area (Å²) in [5, 5.41) is 97.9. The van der Waals surface area contributed by atoms with Crippen molar-refractivity contribution in [3.8, 4) is 0 Å². The molecule has 1 saturated heterocycles. The topological polar surface area (TPSA) is 439 Å². The lowest BCUT2D eigenvalue weighted by Crippen LogP contribution is -2.33. The fourth-order valence-corrected chi connectivity index (χ4v) is 7.41. The molecule has 0 radical (unpaired) electrons. The number of aromatic nitrogens is 4. The third kappa shape index (κ3) is 38.5. The van der Waals surface area contributed by atoms with Crippen LogP contribution < -0.4 is 5.73 Å². The lowest BCUT2D eigenvalue weighted by atomic mass is 10.1. The average molecular weight is 1090 g/mol. The summed E-state index contributed by atoms with van der Waals surface area (Å²) < 4.78 is 29.1. The van der Waals surface area contributed by atoms with Gasteiger partial charge in [0.1, 0.15) is 30.2 Å². The van der Waals surface area contributed by atoms with Crippen LogP contribution in [-0.4, -0.2) is 271 Å². The summed E-state index contributed by atoms with van der Waals surface area (Å²) in [7, 11) is -10.1. The van der Waals surface area contributed by atoms with Gasteiger partial charge in [0.25, 0.3) is 0 Å². The molecule has 0 aromatic carbocycles. The number of unbranched alkanes of at least 4 members (excludes halogenated alkanes) is 4. The largest absolute Gasteiger partial charge is 0.478 e. The van der Waals surface area contributed by atoms with Gasteiger partial charge < -0.3 is 86.2 Å². The maximum atomic E-state index is 9.95. The quantitative estimate of drug-likeness (QED) is 0.0337. The molecule has 17 N–H and O–H groups in total. The minimum atomic E-state index is -5.05. The zero-order valence-corrected chi connectivity index (χ0v) is 44.6. The molecular formula is C42H93N9O19P2. The molecule has 0 bridgehead atoms. The van der Waals surface area contributed by atoms with E-state index in [0.717, 1.165) is 77.5 Å². The minimum absolute atomic E-state index is 0.184. The zero-order chi connectivity index (χ0) is 55.4. The predicted molar refractivity (Wildman–Crippen MR) is 270 cm³/mol. The van der Waals surface area contributed by atoms with E-state index in [1.165, 1.54) is 17.2 Å². The fourth-order valence-electron chi connectivity index (χ4n) is 6.30. The maximum Gasteiger partial charge on any atom is 0.478 e. The molecule has 3 rings (SSSR count). The zero-order valence-electron chi connectivity index (χ0n) is 42.9. The number of nitrogens with two attached hydrogens (primary N) is 1. The number of anilines is 1. The highest BCUT2D eigenvalue weighted by Crippen LogP contribution is 2.53. The lowest BCUT2D eigenvalue weighted by molar-refractivity contribution is -0.0511. The Kier molecular flexibility index (Phi) is 48.9. The van der Waals surface area contributed by atoms with Gasteiger partial charge in [-0.1, -0.05) is 53.4 Å². The van der Waals surface area contributed by atoms with Crippen molar-refractivity contribution in [3.05, 3.63) is 12.7 Å². The number of nitrogen functional groups attached to an aromatic ring is 1. The molecule has 1 aliphatic rings. The Labute approximate surface area is 424 Å². The Balaban J connectivity index is -0.000000813. The number of phosphoric acid groups is 2. The third-order valence-electron chi connectivity index (χ3n) is 10.0. The average Bonchev–Trinajstić information content (AvgIpc) is 3.88. The molecule has 3 heterocycles. The SMILES string of the molecule is CCCCN(CCO)CCO.CCCCN(CCO)CCO.CCCCN(CCO)CCO.CCCCN(CCO)CCO.Nc1ncnc2c1ncn2[C@@H]1O[C@H](CO)[C@@H](O)[C@H]1O.O=P(O)(O)OP(=O)(O)O. The Morgan fingerprint density at radius 1 is 0.542 bits per heavy atom. The number of aliphatic hydroxyl groups is 11. The van der Waals surface area contributed by atoms with Crippen molar-refractivity contribution in [3.63, 3.8) is 0 Å². The van der Waals surface area contributed by atoms with Crippen LogP contribution >= 0.6 is 15.6 Å². The smallest absolute Gasteiger partial charge is 0.395 e. The van der Waals surface area contributed by atoms with Crippen molar-refractivity contribution >= 4 is 32.6 Å². The van der Waals surface area contributed by atoms with E-state index in [2.05, 4.69) is 66.6 Å².